The van der Waals surface area contributed by atoms with Gasteiger partial charge in [-0.1, -0.05) is 55.0 Å². The highest BCUT2D eigenvalue weighted by Gasteiger charge is 2.23. The van der Waals surface area contributed by atoms with E-state index in [-0.39, 0.29) is 17.9 Å². The second-order valence-electron chi connectivity index (χ2n) is 7.00. The Hall–Kier alpha value is -2.59. The average molecular weight is 347 g/mol. The van der Waals surface area contributed by atoms with Gasteiger partial charge < -0.3 is 15.6 Å². The minimum absolute atomic E-state index is 0.0526. The van der Waals surface area contributed by atoms with Crippen molar-refractivity contribution in [3.05, 3.63) is 71.9 Å². The Labute approximate surface area is 154 Å². The highest BCUT2D eigenvalue weighted by atomic mass is 16.2. The topological polar surface area (TPSA) is 56.9 Å². The predicted molar refractivity (Wildman–Crippen MR) is 105 cm³/mol. The molecule has 0 radical (unpaired) electrons. The molecule has 26 heavy (non-hydrogen) atoms. The van der Waals surface area contributed by atoms with Gasteiger partial charge in [-0.2, -0.15) is 0 Å². The van der Waals surface area contributed by atoms with Gasteiger partial charge in [0.1, 0.15) is 0 Å². The Kier molecular flexibility index (Phi) is 5.02. The van der Waals surface area contributed by atoms with Crippen molar-refractivity contribution in [2.75, 3.05) is 13.1 Å². The van der Waals surface area contributed by atoms with E-state index in [4.69, 9.17) is 0 Å². The van der Waals surface area contributed by atoms with Crippen LogP contribution < -0.4 is 10.6 Å². The van der Waals surface area contributed by atoms with E-state index in [2.05, 4.69) is 64.3 Å². The highest BCUT2D eigenvalue weighted by Crippen LogP contribution is 2.30. The summed E-state index contributed by atoms with van der Waals surface area (Å²) in [4.78, 5) is 15.9. The van der Waals surface area contributed by atoms with E-state index in [1.165, 1.54) is 16.5 Å². The lowest BCUT2D eigenvalue weighted by Crippen LogP contribution is -2.47. The quantitative estimate of drug-likeness (QED) is 0.661. The summed E-state index contributed by atoms with van der Waals surface area (Å²) in [5.41, 5.74) is 3.57. The molecule has 0 saturated carbocycles. The van der Waals surface area contributed by atoms with Crippen molar-refractivity contribution in [1.29, 1.82) is 0 Å². The summed E-state index contributed by atoms with van der Waals surface area (Å²) >= 11 is 0. The number of fused-ring (bicyclic) bond motifs is 1. The van der Waals surface area contributed by atoms with Crippen molar-refractivity contribution in [3.8, 4) is 0 Å². The van der Waals surface area contributed by atoms with E-state index >= 15 is 0 Å². The highest BCUT2D eigenvalue weighted by molar-refractivity contribution is 5.85. The lowest BCUT2D eigenvalue weighted by molar-refractivity contribution is -0.123. The number of piperidine rings is 1. The molecule has 1 amide bonds. The minimum atomic E-state index is -0.0526. The number of amides is 1. The van der Waals surface area contributed by atoms with E-state index in [1.54, 1.807) is 0 Å². The second-order valence-corrected chi connectivity index (χ2v) is 7.00. The zero-order chi connectivity index (χ0) is 17.8. The number of aromatic nitrogens is 1. The Morgan fingerprint density at radius 2 is 1.88 bits per heavy atom. The lowest BCUT2D eigenvalue weighted by atomic mass is 9.90. The third kappa shape index (κ3) is 3.51. The summed E-state index contributed by atoms with van der Waals surface area (Å²) < 4.78 is 0. The number of H-pyrrole nitrogens is 1. The third-order valence-electron chi connectivity index (χ3n) is 5.31. The maximum Gasteiger partial charge on any atom is 0.237 e. The average Bonchev–Trinajstić information content (AvgIpc) is 3.14. The zero-order valence-corrected chi connectivity index (χ0v) is 14.9. The fraction of sp³-hybridized carbons (Fsp3) is 0.318. The molecular weight excluding hydrogens is 322 g/mol. The van der Waals surface area contributed by atoms with E-state index < -0.39 is 0 Å². The molecule has 2 heterocycles. The van der Waals surface area contributed by atoms with Gasteiger partial charge in [-0.15, -0.1) is 0 Å². The van der Waals surface area contributed by atoms with E-state index in [0.717, 1.165) is 31.3 Å². The minimum Gasteiger partial charge on any atom is -0.361 e. The van der Waals surface area contributed by atoms with Crippen LogP contribution in [0.1, 0.15) is 36.3 Å². The van der Waals surface area contributed by atoms with Crippen LogP contribution in [0.15, 0.2) is 60.8 Å². The van der Waals surface area contributed by atoms with Crippen molar-refractivity contribution < 1.29 is 4.79 Å². The van der Waals surface area contributed by atoms with Crippen LogP contribution in [-0.4, -0.2) is 30.0 Å². The van der Waals surface area contributed by atoms with Crippen LogP contribution in [0.25, 0.3) is 10.9 Å². The first-order valence-corrected chi connectivity index (χ1v) is 9.45. The zero-order valence-electron chi connectivity index (χ0n) is 14.9. The van der Waals surface area contributed by atoms with Gasteiger partial charge in [0.2, 0.25) is 5.91 Å². The summed E-state index contributed by atoms with van der Waals surface area (Å²) in [6.45, 7) is 1.53. The summed E-state index contributed by atoms with van der Waals surface area (Å²) in [5, 5.41) is 7.73. The number of nitrogens with one attached hydrogen (secondary N) is 3. The molecule has 2 atom stereocenters. The Balaban J connectivity index is 1.58. The number of hydrogen-bond donors (Lipinski definition) is 3. The maximum absolute atomic E-state index is 12.6. The lowest BCUT2D eigenvalue weighted by Gasteiger charge is -2.24. The molecule has 4 nitrogen and oxygen atoms in total. The molecule has 4 heteroatoms. The van der Waals surface area contributed by atoms with E-state index in [0.29, 0.717) is 6.54 Å². The van der Waals surface area contributed by atoms with Crippen LogP contribution in [0.3, 0.4) is 0 Å². The number of para-hydroxylation sites is 1. The number of carbonyl (C=O) groups is 1. The molecule has 1 saturated heterocycles. The number of hydrogen-bond acceptors (Lipinski definition) is 2. The maximum atomic E-state index is 12.6. The fourth-order valence-corrected chi connectivity index (χ4v) is 3.88. The SMILES string of the molecule is O=C(NCC(c1ccccc1)c1c[nH]c2ccccc12)C1CCCCN1. The Morgan fingerprint density at radius 1 is 1.08 bits per heavy atom. The molecule has 4 rings (SSSR count). The Bertz CT molecular complexity index is 865. The van der Waals surface area contributed by atoms with E-state index in [1.807, 2.05) is 12.1 Å². The largest absolute Gasteiger partial charge is 0.361 e. The molecule has 2 aromatic carbocycles. The fourth-order valence-electron chi connectivity index (χ4n) is 3.88. The summed E-state index contributed by atoms with van der Waals surface area (Å²) in [6.07, 6.45) is 5.28. The van der Waals surface area contributed by atoms with Crippen LogP contribution in [0.5, 0.6) is 0 Å². The first-order chi connectivity index (χ1) is 12.8. The predicted octanol–water partition coefficient (Wildman–Crippen LogP) is 3.56. The van der Waals surface area contributed by atoms with Gasteiger partial charge in [0, 0.05) is 29.6 Å². The molecule has 2 unspecified atom stereocenters. The molecule has 0 spiro atoms. The van der Waals surface area contributed by atoms with Crippen LogP contribution in [0.4, 0.5) is 0 Å². The van der Waals surface area contributed by atoms with Crippen LogP contribution in [-0.2, 0) is 4.79 Å². The second kappa shape index (κ2) is 7.75. The summed E-state index contributed by atoms with van der Waals surface area (Å²) in [6, 6.07) is 18.7. The molecule has 1 aliphatic rings. The monoisotopic (exact) mass is 347 g/mol. The van der Waals surface area contributed by atoms with Crippen molar-refractivity contribution >= 4 is 16.8 Å². The smallest absolute Gasteiger partial charge is 0.237 e. The molecule has 0 aliphatic carbocycles. The molecule has 0 bridgehead atoms. The van der Waals surface area contributed by atoms with E-state index in [9.17, 15) is 4.79 Å². The van der Waals surface area contributed by atoms with Gasteiger partial charge in [0.05, 0.1) is 6.04 Å². The van der Waals surface area contributed by atoms with Gasteiger partial charge in [0.25, 0.3) is 0 Å². The number of carbonyl (C=O) groups excluding carboxylic acids is 1. The van der Waals surface area contributed by atoms with Crippen LogP contribution in [0.2, 0.25) is 0 Å². The number of aromatic amines is 1. The molecular formula is C22H25N3O. The summed E-state index contributed by atoms with van der Waals surface area (Å²) in [5.74, 6) is 0.241. The van der Waals surface area contributed by atoms with Crippen molar-refractivity contribution in [2.24, 2.45) is 0 Å². The molecule has 3 N–H and O–H groups in total. The van der Waals surface area contributed by atoms with Gasteiger partial charge in [-0.3, -0.25) is 4.79 Å². The van der Waals surface area contributed by atoms with Crippen LogP contribution >= 0.6 is 0 Å². The first kappa shape index (κ1) is 16.9. The summed E-state index contributed by atoms with van der Waals surface area (Å²) in [7, 11) is 0. The van der Waals surface area contributed by atoms with Crippen molar-refractivity contribution in [1.82, 2.24) is 15.6 Å². The van der Waals surface area contributed by atoms with Gasteiger partial charge >= 0.3 is 0 Å². The Morgan fingerprint density at radius 3 is 2.69 bits per heavy atom. The molecule has 134 valence electrons. The third-order valence-corrected chi connectivity index (χ3v) is 5.31. The van der Waals surface area contributed by atoms with Gasteiger partial charge in [-0.25, -0.2) is 0 Å². The molecule has 1 aliphatic heterocycles. The number of benzene rings is 2. The first-order valence-electron chi connectivity index (χ1n) is 9.45. The molecule has 1 fully saturated rings. The van der Waals surface area contributed by atoms with Crippen LogP contribution in [0, 0.1) is 0 Å². The normalized spacial score (nSPS) is 18.5. The standard InChI is InChI=1S/C22H25N3O/c26-22(21-12-6-7-13-23-21)25-14-18(16-8-2-1-3-9-16)19-15-24-20-11-5-4-10-17(19)20/h1-5,8-11,15,18,21,23-24H,6-7,12-14H2,(H,25,26). The van der Waals surface area contributed by atoms with Crippen molar-refractivity contribution in [2.45, 2.75) is 31.2 Å². The number of rotatable bonds is 5. The van der Waals surface area contributed by atoms with Crippen molar-refractivity contribution in [3.63, 3.8) is 0 Å². The van der Waals surface area contributed by atoms with Gasteiger partial charge in [0.15, 0.2) is 0 Å². The molecule has 3 aromatic rings. The van der Waals surface area contributed by atoms with Gasteiger partial charge in [-0.05, 0) is 36.6 Å². The molecule has 1 aromatic heterocycles.